The predicted molar refractivity (Wildman–Crippen MR) is 22.9 cm³/mol. The van der Waals surface area contributed by atoms with E-state index in [-0.39, 0.29) is 0 Å². The van der Waals surface area contributed by atoms with Gasteiger partial charge in [-0.05, 0) is 12.0 Å². The molecular formula is C5H5F. The summed E-state index contributed by atoms with van der Waals surface area (Å²) in [5.74, 6) is 0. The van der Waals surface area contributed by atoms with Crippen LogP contribution in [0.1, 0.15) is 6.42 Å². The lowest BCUT2D eigenvalue weighted by Crippen LogP contribution is -1.81. The van der Waals surface area contributed by atoms with Gasteiger partial charge in [-0.1, -0.05) is 12.2 Å². The van der Waals surface area contributed by atoms with Crippen LogP contribution in [0.25, 0.3) is 0 Å². The average Bonchev–Trinajstić information content (AvgIpc) is 1.31. The smallest absolute Gasteiger partial charge is 0.0901 e. The minimum Gasteiger partial charge on any atom is -0.215 e. The average molecular weight is 84.1 g/mol. The third-order valence-corrected chi connectivity index (χ3v) is 0.826. The van der Waals surface area contributed by atoms with Gasteiger partial charge in [0, 0.05) is 0 Å². The summed E-state index contributed by atoms with van der Waals surface area (Å²) in [6, 6.07) is 0. The topological polar surface area (TPSA) is 0 Å². The van der Waals surface area contributed by atoms with Gasteiger partial charge in [-0.2, -0.15) is 0 Å². The summed E-state index contributed by atoms with van der Waals surface area (Å²) in [5.41, 5.74) is 0.801. The van der Waals surface area contributed by atoms with Gasteiger partial charge in [0.2, 0.25) is 0 Å². The molecule has 0 saturated heterocycles. The molecule has 0 unspecified atom stereocenters. The molecule has 0 aromatic carbocycles. The molecule has 1 aliphatic carbocycles. The molecule has 0 amide bonds. The second-order valence-electron chi connectivity index (χ2n) is 1.29. The van der Waals surface area contributed by atoms with Crippen molar-refractivity contribution in [2.45, 2.75) is 6.42 Å². The summed E-state index contributed by atoms with van der Waals surface area (Å²) in [7, 11) is 0. The maximum Gasteiger partial charge on any atom is 0.0901 e. The van der Waals surface area contributed by atoms with Crippen molar-refractivity contribution in [3.8, 4) is 0 Å². The Morgan fingerprint density at radius 3 is 2.50 bits per heavy atom. The van der Waals surface area contributed by atoms with Crippen LogP contribution in [0.5, 0.6) is 0 Å². The molecule has 0 aliphatic heterocycles. The molecule has 6 heavy (non-hydrogen) atoms. The number of hydrogen-bond acceptors (Lipinski definition) is 0. The lowest BCUT2D eigenvalue weighted by molar-refractivity contribution is 0.707. The Morgan fingerprint density at radius 1 is 1.83 bits per heavy atom. The fourth-order valence-electron chi connectivity index (χ4n) is 0.335. The van der Waals surface area contributed by atoms with Crippen molar-refractivity contribution in [1.29, 1.82) is 0 Å². The molecule has 0 heterocycles. The van der Waals surface area contributed by atoms with E-state index in [1.165, 1.54) is 0 Å². The van der Waals surface area contributed by atoms with Crippen LogP contribution in [-0.2, 0) is 0 Å². The molecule has 0 atom stereocenters. The molecule has 1 heteroatoms. The first-order valence-corrected chi connectivity index (χ1v) is 1.89. The Hall–Kier alpha value is -0.590. The zero-order chi connectivity index (χ0) is 4.41. The Kier molecular flexibility index (Phi) is 0.748. The van der Waals surface area contributed by atoms with E-state index in [0.29, 0.717) is 6.33 Å². The van der Waals surface area contributed by atoms with E-state index in [2.05, 4.69) is 0 Å². The van der Waals surface area contributed by atoms with Gasteiger partial charge in [0.1, 0.15) is 0 Å². The van der Waals surface area contributed by atoms with Crippen LogP contribution in [0.2, 0.25) is 0 Å². The minimum atomic E-state index is 0.639. The second kappa shape index (κ2) is 1.25. The zero-order valence-electron chi connectivity index (χ0n) is 3.32. The van der Waals surface area contributed by atoms with Crippen LogP contribution < -0.4 is 0 Å². The first-order chi connectivity index (χ1) is 2.93. The molecule has 0 aromatic heterocycles. The molecule has 0 nitrogen and oxygen atoms in total. The summed E-state index contributed by atoms with van der Waals surface area (Å²) in [4.78, 5) is 0. The Balaban J connectivity index is 2.60. The van der Waals surface area contributed by atoms with Crippen molar-refractivity contribution < 1.29 is 4.39 Å². The zero-order valence-corrected chi connectivity index (χ0v) is 3.32. The van der Waals surface area contributed by atoms with Gasteiger partial charge in [-0.3, -0.25) is 0 Å². The highest BCUT2D eigenvalue weighted by Crippen LogP contribution is 2.13. The van der Waals surface area contributed by atoms with Crippen molar-refractivity contribution >= 4 is 0 Å². The van der Waals surface area contributed by atoms with Crippen LogP contribution in [0.15, 0.2) is 24.1 Å². The fraction of sp³-hybridized carbons (Fsp3) is 0.200. The highest BCUT2D eigenvalue weighted by atomic mass is 19.1. The first kappa shape index (κ1) is 3.59. The molecule has 0 N–H and O–H groups in total. The standard InChI is InChI=1S/C5H5F/c6-4-5-2-1-3-5/h1-2,4H,3H2/b5-4+. The number of allylic oxidation sites excluding steroid dienone is 3. The molecule has 0 aromatic rings. The van der Waals surface area contributed by atoms with Crippen LogP contribution in [0, 0.1) is 0 Å². The third-order valence-electron chi connectivity index (χ3n) is 0.826. The Morgan fingerprint density at radius 2 is 2.50 bits per heavy atom. The maximum absolute atomic E-state index is 11.2. The maximum atomic E-state index is 11.2. The van der Waals surface area contributed by atoms with Crippen LogP contribution in [-0.4, -0.2) is 0 Å². The van der Waals surface area contributed by atoms with Gasteiger partial charge in [0.15, 0.2) is 0 Å². The summed E-state index contributed by atoms with van der Waals surface area (Å²) in [6.45, 7) is 0. The van der Waals surface area contributed by atoms with E-state index in [9.17, 15) is 4.39 Å². The lowest BCUT2D eigenvalue weighted by atomic mass is 10.1. The number of rotatable bonds is 0. The summed E-state index contributed by atoms with van der Waals surface area (Å²) < 4.78 is 11.2. The van der Waals surface area contributed by atoms with E-state index < -0.39 is 0 Å². The predicted octanol–water partition coefficient (Wildman–Crippen LogP) is 1.80. The summed E-state index contributed by atoms with van der Waals surface area (Å²) in [5, 5.41) is 0. The van der Waals surface area contributed by atoms with Gasteiger partial charge in [0.05, 0.1) is 6.33 Å². The normalized spacial score (nSPS) is 24.5. The van der Waals surface area contributed by atoms with E-state index in [1.54, 1.807) is 6.08 Å². The molecular weight excluding hydrogens is 79.1 g/mol. The summed E-state index contributed by atoms with van der Waals surface area (Å²) in [6.07, 6.45) is 5.14. The Bertz CT molecular complexity index is 101. The third kappa shape index (κ3) is 0.361. The number of hydrogen-bond donors (Lipinski definition) is 0. The molecule has 0 bridgehead atoms. The largest absolute Gasteiger partial charge is 0.215 e. The fourth-order valence-corrected chi connectivity index (χ4v) is 0.335. The minimum absolute atomic E-state index is 0.639. The first-order valence-electron chi connectivity index (χ1n) is 1.89. The van der Waals surface area contributed by atoms with E-state index in [1.807, 2.05) is 6.08 Å². The van der Waals surface area contributed by atoms with E-state index in [0.717, 1.165) is 12.0 Å². The summed E-state index contributed by atoms with van der Waals surface area (Å²) >= 11 is 0. The van der Waals surface area contributed by atoms with Crippen molar-refractivity contribution in [2.24, 2.45) is 0 Å². The van der Waals surface area contributed by atoms with Crippen molar-refractivity contribution in [1.82, 2.24) is 0 Å². The van der Waals surface area contributed by atoms with E-state index in [4.69, 9.17) is 0 Å². The van der Waals surface area contributed by atoms with Gasteiger partial charge in [0.25, 0.3) is 0 Å². The molecule has 0 radical (unpaired) electrons. The molecule has 0 saturated carbocycles. The van der Waals surface area contributed by atoms with E-state index >= 15 is 0 Å². The van der Waals surface area contributed by atoms with Gasteiger partial charge in [-0.25, -0.2) is 4.39 Å². The number of halogens is 1. The van der Waals surface area contributed by atoms with Crippen molar-refractivity contribution in [3.63, 3.8) is 0 Å². The molecule has 32 valence electrons. The highest BCUT2D eigenvalue weighted by molar-refractivity contribution is 5.28. The van der Waals surface area contributed by atoms with Crippen LogP contribution in [0.4, 0.5) is 4.39 Å². The highest BCUT2D eigenvalue weighted by Gasteiger charge is 1.95. The Labute approximate surface area is 36.0 Å². The molecule has 1 rings (SSSR count). The monoisotopic (exact) mass is 84.0 g/mol. The van der Waals surface area contributed by atoms with Gasteiger partial charge in [-0.15, -0.1) is 0 Å². The van der Waals surface area contributed by atoms with Gasteiger partial charge >= 0.3 is 0 Å². The molecule has 0 fully saturated rings. The van der Waals surface area contributed by atoms with Crippen LogP contribution in [0.3, 0.4) is 0 Å². The molecule has 0 spiro atoms. The second-order valence-corrected chi connectivity index (χ2v) is 1.29. The van der Waals surface area contributed by atoms with Crippen LogP contribution >= 0.6 is 0 Å². The lowest BCUT2D eigenvalue weighted by Gasteiger charge is -2.00. The van der Waals surface area contributed by atoms with Gasteiger partial charge < -0.3 is 0 Å². The van der Waals surface area contributed by atoms with Crippen molar-refractivity contribution in [3.05, 3.63) is 24.1 Å². The van der Waals surface area contributed by atoms with Crippen molar-refractivity contribution in [2.75, 3.05) is 0 Å². The SMILES string of the molecule is F/C=C1\C=CC1. The molecule has 1 aliphatic rings. The quantitative estimate of drug-likeness (QED) is 0.419.